The van der Waals surface area contributed by atoms with Crippen molar-refractivity contribution in [1.82, 2.24) is 10.6 Å². The Kier molecular flexibility index (Phi) is 5.69. The first-order valence-corrected chi connectivity index (χ1v) is 6.67. The molecule has 18 heavy (non-hydrogen) atoms. The minimum atomic E-state index is 0.729. The molecule has 0 fully saturated rings. The van der Waals surface area contributed by atoms with Gasteiger partial charge in [-0.15, -0.1) is 0 Å². The average Bonchev–Trinajstić information content (AvgIpc) is 2.28. The second kappa shape index (κ2) is 7.04. The smallest absolute Gasteiger partial charge is 0.191 e. The van der Waals surface area contributed by atoms with Crippen LogP contribution in [-0.2, 0) is 6.54 Å². The van der Waals surface area contributed by atoms with Gasteiger partial charge in [0.25, 0.3) is 0 Å². The van der Waals surface area contributed by atoms with E-state index in [2.05, 4.69) is 62.4 Å². The van der Waals surface area contributed by atoms with E-state index < -0.39 is 0 Å². The Morgan fingerprint density at radius 2 is 1.50 bits per heavy atom. The highest BCUT2D eigenvalue weighted by molar-refractivity contribution is 5.79. The van der Waals surface area contributed by atoms with Crippen LogP contribution in [0, 0.1) is 20.8 Å². The van der Waals surface area contributed by atoms with Crippen LogP contribution in [0.5, 0.6) is 0 Å². The number of hydrogen-bond acceptors (Lipinski definition) is 1. The number of benzene rings is 1. The molecular weight excluding hydrogens is 222 g/mol. The number of rotatable bonds is 4. The average molecular weight is 247 g/mol. The predicted molar refractivity (Wildman–Crippen MR) is 79.1 cm³/mol. The molecule has 0 atom stereocenters. The van der Waals surface area contributed by atoms with Gasteiger partial charge in [0.2, 0.25) is 0 Å². The summed E-state index contributed by atoms with van der Waals surface area (Å²) in [6, 6.07) is 4.44. The van der Waals surface area contributed by atoms with Gasteiger partial charge >= 0.3 is 0 Å². The Balaban J connectivity index is 2.86. The molecule has 100 valence electrons. The number of nitrogens with one attached hydrogen (secondary N) is 2. The molecule has 0 saturated heterocycles. The Morgan fingerprint density at radius 1 is 1.00 bits per heavy atom. The third-order valence-corrected chi connectivity index (χ3v) is 2.92. The summed E-state index contributed by atoms with van der Waals surface area (Å²) in [6.07, 6.45) is 0. The fourth-order valence-electron chi connectivity index (χ4n) is 2.13. The normalized spacial score (nSPS) is 10.1. The summed E-state index contributed by atoms with van der Waals surface area (Å²) < 4.78 is 0. The number of aliphatic imine (C=N–C) groups is 1. The molecule has 2 N–H and O–H groups in total. The van der Waals surface area contributed by atoms with Crippen molar-refractivity contribution in [2.24, 2.45) is 4.99 Å². The Labute approximate surface area is 111 Å². The quantitative estimate of drug-likeness (QED) is 0.634. The van der Waals surface area contributed by atoms with Crippen molar-refractivity contribution in [3.63, 3.8) is 0 Å². The molecule has 0 unspecified atom stereocenters. The van der Waals surface area contributed by atoms with Crippen LogP contribution in [0.3, 0.4) is 0 Å². The molecule has 1 aromatic carbocycles. The molecule has 0 bridgehead atoms. The maximum absolute atomic E-state index is 4.62. The lowest BCUT2D eigenvalue weighted by Gasteiger charge is -2.12. The zero-order valence-electron chi connectivity index (χ0n) is 12.2. The van der Waals surface area contributed by atoms with E-state index in [-0.39, 0.29) is 0 Å². The SMILES string of the molecule is CCNC(=NCc1c(C)cc(C)cc1C)NCC. The minimum Gasteiger partial charge on any atom is -0.357 e. The van der Waals surface area contributed by atoms with E-state index >= 15 is 0 Å². The molecule has 0 spiro atoms. The topological polar surface area (TPSA) is 36.4 Å². The summed E-state index contributed by atoms with van der Waals surface area (Å²) in [5, 5.41) is 6.49. The second-order valence-corrected chi connectivity index (χ2v) is 4.60. The minimum absolute atomic E-state index is 0.729. The van der Waals surface area contributed by atoms with E-state index in [9.17, 15) is 0 Å². The van der Waals surface area contributed by atoms with Gasteiger partial charge in [0.1, 0.15) is 0 Å². The molecule has 1 aromatic rings. The summed E-state index contributed by atoms with van der Waals surface area (Å²) in [4.78, 5) is 4.62. The van der Waals surface area contributed by atoms with Crippen LogP contribution >= 0.6 is 0 Å². The van der Waals surface area contributed by atoms with E-state index in [0.29, 0.717) is 0 Å². The summed E-state index contributed by atoms with van der Waals surface area (Å²) in [5.41, 5.74) is 5.29. The van der Waals surface area contributed by atoms with Gasteiger partial charge in [0.15, 0.2) is 5.96 Å². The summed E-state index contributed by atoms with van der Waals surface area (Å²) in [7, 11) is 0. The Bertz CT molecular complexity index is 391. The maximum atomic E-state index is 4.62. The van der Waals surface area contributed by atoms with Gasteiger partial charge in [-0.2, -0.15) is 0 Å². The lowest BCUT2D eigenvalue weighted by atomic mass is 10.00. The van der Waals surface area contributed by atoms with Crippen LogP contribution in [0.1, 0.15) is 36.1 Å². The van der Waals surface area contributed by atoms with Crippen LogP contribution < -0.4 is 10.6 Å². The number of hydrogen-bond donors (Lipinski definition) is 2. The molecule has 3 heteroatoms. The molecular formula is C15H25N3. The van der Waals surface area contributed by atoms with Gasteiger partial charge in [0, 0.05) is 13.1 Å². The molecule has 0 heterocycles. The molecule has 0 aliphatic heterocycles. The highest BCUT2D eigenvalue weighted by atomic mass is 15.2. The first kappa shape index (κ1) is 14.6. The monoisotopic (exact) mass is 247 g/mol. The van der Waals surface area contributed by atoms with E-state index in [4.69, 9.17) is 0 Å². The molecule has 0 aliphatic carbocycles. The van der Waals surface area contributed by atoms with Crippen LogP contribution in [0.15, 0.2) is 17.1 Å². The lowest BCUT2D eigenvalue weighted by Crippen LogP contribution is -2.37. The van der Waals surface area contributed by atoms with Gasteiger partial charge in [-0.05, 0) is 51.3 Å². The third kappa shape index (κ3) is 4.06. The second-order valence-electron chi connectivity index (χ2n) is 4.60. The third-order valence-electron chi connectivity index (χ3n) is 2.92. The van der Waals surface area contributed by atoms with Crippen molar-refractivity contribution in [1.29, 1.82) is 0 Å². The van der Waals surface area contributed by atoms with Crippen LogP contribution in [0.25, 0.3) is 0 Å². The highest BCUT2D eigenvalue weighted by Gasteiger charge is 2.03. The maximum Gasteiger partial charge on any atom is 0.191 e. The van der Waals surface area contributed by atoms with Gasteiger partial charge in [-0.25, -0.2) is 4.99 Å². The van der Waals surface area contributed by atoms with Gasteiger partial charge in [-0.1, -0.05) is 17.7 Å². The molecule has 0 saturated carbocycles. The van der Waals surface area contributed by atoms with E-state index in [0.717, 1.165) is 25.6 Å². The molecule has 3 nitrogen and oxygen atoms in total. The van der Waals surface area contributed by atoms with Gasteiger partial charge in [-0.3, -0.25) is 0 Å². The summed E-state index contributed by atoms with van der Waals surface area (Å²) in [6.45, 7) is 13.1. The number of guanidine groups is 1. The predicted octanol–water partition coefficient (Wildman–Crippen LogP) is 2.69. The first-order valence-electron chi connectivity index (χ1n) is 6.67. The molecule has 0 radical (unpaired) electrons. The first-order chi connectivity index (χ1) is 8.58. The van der Waals surface area contributed by atoms with Crippen molar-refractivity contribution < 1.29 is 0 Å². The molecule has 0 amide bonds. The van der Waals surface area contributed by atoms with Crippen molar-refractivity contribution in [3.8, 4) is 0 Å². The molecule has 0 aliphatic rings. The number of nitrogens with zero attached hydrogens (tertiary/aromatic N) is 1. The largest absolute Gasteiger partial charge is 0.357 e. The van der Waals surface area contributed by atoms with Gasteiger partial charge in [0.05, 0.1) is 6.54 Å². The Hall–Kier alpha value is -1.51. The zero-order chi connectivity index (χ0) is 13.5. The van der Waals surface area contributed by atoms with Crippen LogP contribution in [0.4, 0.5) is 0 Å². The standard InChI is InChI=1S/C15H25N3/c1-6-16-15(17-7-2)18-10-14-12(4)8-11(3)9-13(14)5/h8-9H,6-7,10H2,1-5H3,(H2,16,17,18). The van der Waals surface area contributed by atoms with E-state index in [1.165, 1.54) is 22.3 Å². The van der Waals surface area contributed by atoms with Crippen molar-refractivity contribution in [3.05, 3.63) is 34.4 Å². The summed E-state index contributed by atoms with van der Waals surface area (Å²) >= 11 is 0. The lowest BCUT2D eigenvalue weighted by molar-refractivity contribution is 0.837. The zero-order valence-corrected chi connectivity index (χ0v) is 12.2. The number of aryl methyl sites for hydroxylation is 3. The van der Waals surface area contributed by atoms with Crippen LogP contribution in [-0.4, -0.2) is 19.0 Å². The Morgan fingerprint density at radius 3 is 1.94 bits per heavy atom. The van der Waals surface area contributed by atoms with E-state index in [1.54, 1.807) is 0 Å². The van der Waals surface area contributed by atoms with Crippen molar-refractivity contribution in [2.75, 3.05) is 13.1 Å². The van der Waals surface area contributed by atoms with Gasteiger partial charge < -0.3 is 10.6 Å². The molecule has 1 rings (SSSR count). The summed E-state index contributed by atoms with van der Waals surface area (Å²) in [5.74, 6) is 0.888. The fraction of sp³-hybridized carbons (Fsp3) is 0.533. The molecule has 0 aromatic heterocycles. The van der Waals surface area contributed by atoms with Crippen LogP contribution in [0.2, 0.25) is 0 Å². The van der Waals surface area contributed by atoms with Crippen molar-refractivity contribution in [2.45, 2.75) is 41.2 Å². The highest BCUT2D eigenvalue weighted by Crippen LogP contribution is 2.17. The fourth-order valence-corrected chi connectivity index (χ4v) is 2.13. The van der Waals surface area contributed by atoms with E-state index in [1.807, 2.05) is 0 Å². The van der Waals surface area contributed by atoms with Crippen molar-refractivity contribution >= 4 is 5.96 Å².